The summed E-state index contributed by atoms with van der Waals surface area (Å²) in [6.07, 6.45) is 0. The maximum Gasteiger partial charge on any atom is 0.271 e. The van der Waals surface area contributed by atoms with E-state index in [1.165, 1.54) is 6.07 Å². The highest BCUT2D eigenvalue weighted by Crippen LogP contribution is 2.24. The number of nitrogens with two attached hydrogens (primary N) is 1. The van der Waals surface area contributed by atoms with E-state index in [2.05, 4.69) is 4.72 Å². The summed E-state index contributed by atoms with van der Waals surface area (Å²) in [6.45, 7) is 0.231. The zero-order valence-corrected chi connectivity index (χ0v) is 11.2. The molecule has 2 rings (SSSR count). The van der Waals surface area contributed by atoms with Gasteiger partial charge in [-0.2, -0.15) is 0 Å². The van der Waals surface area contributed by atoms with Crippen molar-refractivity contribution in [2.75, 3.05) is 4.72 Å². The molecule has 1 heterocycles. The van der Waals surface area contributed by atoms with E-state index in [1.54, 1.807) is 6.07 Å². The Morgan fingerprint density at radius 2 is 1.79 bits per heavy atom. The monoisotopic (exact) mass is 304 g/mol. The summed E-state index contributed by atoms with van der Waals surface area (Å²) in [7, 11) is -3.86. The van der Waals surface area contributed by atoms with Gasteiger partial charge in [0.2, 0.25) is 0 Å². The first-order valence-electron chi connectivity index (χ1n) is 5.18. The van der Waals surface area contributed by atoms with Crippen LogP contribution in [-0.2, 0) is 16.6 Å². The normalized spacial score (nSPS) is 11.5. The molecule has 0 atom stereocenters. The molecule has 4 nitrogen and oxygen atoms in total. The van der Waals surface area contributed by atoms with Gasteiger partial charge in [0, 0.05) is 17.5 Å². The second-order valence-corrected chi connectivity index (χ2v) is 6.77. The van der Waals surface area contributed by atoms with Crippen LogP contribution in [0, 0.1) is 11.6 Å². The van der Waals surface area contributed by atoms with Crippen LogP contribution in [0.5, 0.6) is 0 Å². The Morgan fingerprint density at radius 3 is 2.32 bits per heavy atom. The van der Waals surface area contributed by atoms with Gasteiger partial charge in [-0.3, -0.25) is 4.72 Å². The predicted octanol–water partition coefficient (Wildman–Crippen LogP) is 2.29. The molecule has 3 N–H and O–H groups in total. The fourth-order valence-corrected chi connectivity index (χ4v) is 3.71. The fourth-order valence-electron chi connectivity index (χ4n) is 1.43. The molecule has 0 aliphatic heterocycles. The summed E-state index contributed by atoms with van der Waals surface area (Å²) in [4.78, 5) is 0.700. The highest BCUT2D eigenvalue weighted by atomic mass is 32.2. The van der Waals surface area contributed by atoms with Crippen molar-refractivity contribution in [3.05, 3.63) is 46.8 Å². The molecule has 0 fully saturated rings. The third-order valence-electron chi connectivity index (χ3n) is 2.22. The van der Waals surface area contributed by atoms with E-state index in [0.29, 0.717) is 10.9 Å². The second kappa shape index (κ2) is 5.24. The minimum absolute atomic E-state index is 0.0395. The number of thiophene rings is 1. The molecule has 0 aliphatic rings. The van der Waals surface area contributed by atoms with Crippen LogP contribution < -0.4 is 10.5 Å². The van der Waals surface area contributed by atoms with Gasteiger partial charge in [0.25, 0.3) is 10.0 Å². The predicted molar refractivity (Wildman–Crippen MR) is 69.4 cm³/mol. The molecule has 1 aromatic heterocycles. The van der Waals surface area contributed by atoms with E-state index >= 15 is 0 Å². The van der Waals surface area contributed by atoms with E-state index < -0.39 is 21.7 Å². The molecule has 0 radical (unpaired) electrons. The Kier molecular flexibility index (Phi) is 3.83. The number of nitrogens with one attached hydrogen (secondary N) is 1. The minimum Gasteiger partial charge on any atom is -0.326 e. The third kappa shape index (κ3) is 3.28. The van der Waals surface area contributed by atoms with Crippen molar-refractivity contribution in [2.24, 2.45) is 5.73 Å². The van der Waals surface area contributed by atoms with Crippen LogP contribution in [0.2, 0.25) is 0 Å². The summed E-state index contributed by atoms with van der Waals surface area (Å²) in [6, 6.07) is 5.45. The lowest BCUT2D eigenvalue weighted by Gasteiger charge is -2.06. The molecular weight excluding hydrogens is 294 g/mol. The van der Waals surface area contributed by atoms with E-state index in [1.807, 2.05) is 0 Å². The lowest BCUT2D eigenvalue weighted by Crippen LogP contribution is -2.11. The zero-order chi connectivity index (χ0) is 14.0. The Labute approximate surface area is 112 Å². The maximum atomic E-state index is 13.0. The number of hydrogen-bond donors (Lipinski definition) is 2. The minimum atomic E-state index is -3.86. The molecule has 0 bridgehead atoms. The van der Waals surface area contributed by atoms with Crippen molar-refractivity contribution >= 4 is 27.0 Å². The Morgan fingerprint density at radius 1 is 1.16 bits per heavy atom. The van der Waals surface area contributed by atoms with Crippen molar-refractivity contribution in [2.45, 2.75) is 10.8 Å². The molecule has 102 valence electrons. The fraction of sp³-hybridized carbons (Fsp3) is 0.0909. The number of halogens is 2. The third-order valence-corrected chi connectivity index (χ3v) is 5.20. The van der Waals surface area contributed by atoms with Crippen molar-refractivity contribution in [3.8, 4) is 0 Å². The highest BCUT2D eigenvalue weighted by Gasteiger charge is 2.17. The molecule has 19 heavy (non-hydrogen) atoms. The molecule has 8 heteroatoms. The lowest BCUT2D eigenvalue weighted by atomic mass is 10.3. The van der Waals surface area contributed by atoms with Crippen molar-refractivity contribution in [1.82, 2.24) is 0 Å². The van der Waals surface area contributed by atoms with Gasteiger partial charge in [-0.25, -0.2) is 17.2 Å². The average molecular weight is 304 g/mol. The molecule has 0 unspecified atom stereocenters. The van der Waals surface area contributed by atoms with Gasteiger partial charge in [-0.15, -0.1) is 11.3 Å². The summed E-state index contributed by atoms with van der Waals surface area (Å²) in [5, 5.41) is 0. The lowest BCUT2D eigenvalue weighted by molar-refractivity contribution is 0.584. The van der Waals surface area contributed by atoms with Gasteiger partial charge in [0.1, 0.15) is 15.8 Å². The number of rotatable bonds is 4. The van der Waals surface area contributed by atoms with Crippen LogP contribution in [0.15, 0.2) is 34.5 Å². The zero-order valence-electron chi connectivity index (χ0n) is 9.56. The van der Waals surface area contributed by atoms with Crippen LogP contribution in [0.1, 0.15) is 4.88 Å². The number of anilines is 1. The Hall–Kier alpha value is -1.51. The van der Waals surface area contributed by atoms with Crippen LogP contribution >= 0.6 is 11.3 Å². The summed E-state index contributed by atoms with van der Waals surface area (Å²) in [5.41, 5.74) is 5.23. The van der Waals surface area contributed by atoms with Gasteiger partial charge in [0.05, 0.1) is 5.69 Å². The van der Waals surface area contributed by atoms with Crippen molar-refractivity contribution < 1.29 is 17.2 Å². The van der Waals surface area contributed by atoms with Gasteiger partial charge >= 0.3 is 0 Å². The first kappa shape index (κ1) is 13.9. The van der Waals surface area contributed by atoms with E-state index in [-0.39, 0.29) is 16.4 Å². The Balaban J connectivity index is 2.30. The average Bonchev–Trinajstić information content (AvgIpc) is 2.75. The van der Waals surface area contributed by atoms with Crippen LogP contribution in [-0.4, -0.2) is 8.42 Å². The molecule has 2 aromatic rings. The number of sulfonamides is 1. The van der Waals surface area contributed by atoms with Gasteiger partial charge in [0.15, 0.2) is 0 Å². The standard InChI is InChI=1S/C11H10F2N2O2S2/c12-7-3-8(13)5-9(4-7)15-19(16,17)11-2-1-10(6-14)18-11/h1-5,15H,6,14H2. The molecule has 0 amide bonds. The first-order chi connectivity index (χ1) is 8.90. The maximum absolute atomic E-state index is 13.0. The van der Waals surface area contributed by atoms with Crippen LogP contribution in [0.4, 0.5) is 14.5 Å². The summed E-state index contributed by atoms with van der Waals surface area (Å²) >= 11 is 1.00. The first-order valence-corrected chi connectivity index (χ1v) is 7.48. The smallest absolute Gasteiger partial charge is 0.271 e. The largest absolute Gasteiger partial charge is 0.326 e. The molecule has 0 aliphatic carbocycles. The SMILES string of the molecule is NCc1ccc(S(=O)(=O)Nc2cc(F)cc(F)c2)s1. The van der Waals surface area contributed by atoms with Crippen molar-refractivity contribution in [3.63, 3.8) is 0 Å². The van der Waals surface area contributed by atoms with Gasteiger partial charge in [-0.05, 0) is 24.3 Å². The quantitative estimate of drug-likeness (QED) is 0.910. The van der Waals surface area contributed by atoms with E-state index in [0.717, 1.165) is 23.5 Å². The molecule has 0 spiro atoms. The van der Waals surface area contributed by atoms with Gasteiger partial charge in [-0.1, -0.05) is 0 Å². The topological polar surface area (TPSA) is 72.2 Å². The highest BCUT2D eigenvalue weighted by molar-refractivity contribution is 7.94. The van der Waals surface area contributed by atoms with Crippen molar-refractivity contribution in [1.29, 1.82) is 0 Å². The molecular formula is C11H10F2N2O2S2. The molecule has 0 saturated heterocycles. The van der Waals surface area contributed by atoms with Crippen LogP contribution in [0.25, 0.3) is 0 Å². The molecule has 0 saturated carbocycles. The Bertz CT molecular complexity index is 678. The van der Waals surface area contributed by atoms with Crippen LogP contribution in [0.3, 0.4) is 0 Å². The van der Waals surface area contributed by atoms with Gasteiger partial charge < -0.3 is 5.73 Å². The number of benzene rings is 1. The summed E-state index contributed by atoms with van der Waals surface area (Å²) in [5.74, 6) is -1.71. The molecule has 1 aromatic carbocycles. The summed E-state index contributed by atoms with van der Waals surface area (Å²) < 4.78 is 52.0. The van der Waals surface area contributed by atoms with E-state index in [9.17, 15) is 17.2 Å². The second-order valence-electron chi connectivity index (χ2n) is 3.69. The number of hydrogen-bond acceptors (Lipinski definition) is 4. The van der Waals surface area contributed by atoms with E-state index in [4.69, 9.17) is 5.73 Å².